The van der Waals surface area contributed by atoms with Crippen molar-refractivity contribution in [2.45, 2.75) is 57.9 Å². The Morgan fingerprint density at radius 3 is 2.45 bits per heavy atom. The molecule has 0 saturated carbocycles. The molecule has 0 aromatic rings. The fraction of sp³-hybridized carbons (Fsp3) is 0.938. The van der Waals surface area contributed by atoms with Crippen molar-refractivity contribution in [1.82, 2.24) is 9.80 Å². The highest BCUT2D eigenvalue weighted by atomic mass is 16.2. The second kappa shape index (κ2) is 7.99. The first-order valence-corrected chi connectivity index (χ1v) is 8.47. The summed E-state index contributed by atoms with van der Waals surface area (Å²) < 4.78 is 0. The molecule has 0 aromatic carbocycles. The summed E-state index contributed by atoms with van der Waals surface area (Å²) in [6, 6.07) is -0.273. The third-order valence-corrected chi connectivity index (χ3v) is 4.83. The lowest BCUT2D eigenvalue weighted by Gasteiger charge is -2.35. The minimum Gasteiger partial charge on any atom is -0.341 e. The van der Waals surface area contributed by atoms with Crippen LogP contribution >= 0.6 is 0 Å². The van der Waals surface area contributed by atoms with E-state index in [1.54, 1.807) is 0 Å². The topological polar surface area (TPSA) is 49.6 Å². The van der Waals surface area contributed by atoms with Gasteiger partial charge in [0.25, 0.3) is 0 Å². The molecular formula is C16H31N3O. The van der Waals surface area contributed by atoms with Gasteiger partial charge in [0.1, 0.15) is 0 Å². The molecule has 0 aliphatic carbocycles. The van der Waals surface area contributed by atoms with Gasteiger partial charge in [0, 0.05) is 19.6 Å². The summed E-state index contributed by atoms with van der Waals surface area (Å²) in [6.45, 7) is 7.77. The van der Waals surface area contributed by atoms with Crippen LogP contribution in [-0.4, -0.2) is 54.5 Å². The van der Waals surface area contributed by atoms with Crippen LogP contribution in [0.4, 0.5) is 0 Å². The summed E-state index contributed by atoms with van der Waals surface area (Å²) in [7, 11) is 0. The van der Waals surface area contributed by atoms with Crippen LogP contribution in [0.15, 0.2) is 0 Å². The molecule has 2 fully saturated rings. The van der Waals surface area contributed by atoms with Crippen molar-refractivity contribution in [2.75, 3.05) is 32.7 Å². The Morgan fingerprint density at radius 1 is 1.20 bits per heavy atom. The van der Waals surface area contributed by atoms with Crippen molar-refractivity contribution in [3.8, 4) is 0 Å². The van der Waals surface area contributed by atoms with Crippen LogP contribution in [0.1, 0.15) is 51.9 Å². The molecule has 2 aliphatic rings. The number of likely N-dealkylation sites (tertiary alicyclic amines) is 2. The average Bonchev–Trinajstić information content (AvgIpc) is 2.97. The largest absolute Gasteiger partial charge is 0.341 e. The van der Waals surface area contributed by atoms with E-state index < -0.39 is 0 Å². The molecule has 1 amide bonds. The normalized spacial score (nSPS) is 23.2. The minimum atomic E-state index is -0.273. The maximum atomic E-state index is 12.2. The Morgan fingerprint density at radius 2 is 1.85 bits per heavy atom. The van der Waals surface area contributed by atoms with Crippen LogP contribution in [0.5, 0.6) is 0 Å². The molecule has 0 aromatic heterocycles. The van der Waals surface area contributed by atoms with Crippen molar-refractivity contribution >= 4 is 5.91 Å². The van der Waals surface area contributed by atoms with Gasteiger partial charge in [0.2, 0.25) is 5.91 Å². The molecule has 2 aliphatic heterocycles. The molecule has 2 saturated heterocycles. The molecule has 116 valence electrons. The molecule has 2 rings (SSSR count). The zero-order chi connectivity index (χ0) is 14.4. The number of hydrogen-bond donors (Lipinski definition) is 1. The Balaban J connectivity index is 1.68. The number of carbonyl (C=O) groups excluding carboxylic acids is 1. The Bertz CT molecular complexity index is 294. The Labute approximate surface area is 123 Å². The van der Waals surface area contributed by atoms with Crippen LogP contribution in [0.25, 0.3) is 0 Å². The number of nitrogens with zero attached hydrogens (tertiary/aromatic N) is 2. The summed E-state index contributed by atoms with van der Waals surface area (Å²) in [5.74, 6) is 0.960. The number of rotatable bonds is 6. The van der Waals surface area contributed by atoms with E-state index in [0.29, 0.717) is 0 Å². The summed E-state index contributed by atoms with van der Waals surface area (Å²) in [5, 5.41) is 0. The van der Waals surface area contributed by atoms with E-state index >= 15 is 0 Å². The molecule has 4 nitrogen and oxygen atoms in total. The maximum absolute atomic E-state index is 12.2. The SMILES string of the molecule is CCCC[C@H](N)C(=O)N1CCC(CN2CCCC2)CC1. The molecule has 0 bridgehead atoms. The van der Waals surface area contributed by atoms with Crippen LogP contribution < -0.4 is 5.73 Å². The second-order valence-corrected chi connectivity index (χ2v) is 6.53. The molecule has 1 atom stereocenters. The van der Waals surface area contributed by atoms with E-state index in [2.05, 4.69) is 11.8 Å². The van der Waals surface area contributed by atoms with Gasteiger partial charge in [-0.05, 0) is 51.1 Å². The van der Waals surface area contributed by atoms with E-state index in [-0.39, 0.29) is 11.9 Å². The highest BCUT2D eigenvalue weighted by Crippen LogP contribution is 2.21. The number of nitrogens with two attached hydrogens (primary N) is 1. The van der Waals surface area contributed by atoms with E-state index in [1.165, 1.54) is 32.5 Å². The fourth-order valence-electron chi connectivity index (χ4n) is 3.45. The van der Waals surface area contributed by atoms with Gasteiger partial charge in [0.05, 0.1) is 6.04 Å². The molecule has 0 radical (unpaired) electrons. The Kier molecular flexibility index (Phi) is 6.30. The number of carbonyl (C=O) groups is 1. The summed E-state index contributed by atoms with van der Waals surface area (Å²) in [6.07, 6.45) is 8.04. The molecule has 0 spiro atoms. The van der Waals surface area contributed by atoms with Gasteiger partial charge >= 0.3 is 0 Å². The van der Waals surface area contributed by atoms with E-state index in [0.717, 1.165) is 51.1 Å². The summed E-state index contributed by atoms with van der Waals surface area (Å²) in [4.78, 5) is 16.8. The molecule has 0 unspecified atom stereocenters. The van der Waals surface area contributed by atoms with Crippen molar-refractivity contribution in [3.05, 3.63) is 0 Å². The number of hydrogen-bond acceptors (Lipinski definition) is 3. The van der Waals surface area contributed by atoms with Crippen LogP contribution in [0, 0.1) is 5.92 Å². The van der Waals surface area contributed by atoms with E-state index in [9.17, 15) is 4.79 Å². The Hall–Kier alpha value is -0.610. The van der Waals surface area contributed by atoms with Gasteiger partial charge in [-0.15, -0.1) is 0 Å². The van der Waals surface area contributed by atoms with Gasteiger partial charge in [-0.1, -0.05) is 19.8 Å². The van der Waals surface area contributed by atoms with Crippen molar-refractivity contribution in [1.29, 1.82) is 0 Å². The maximum Gasteiger partial charge on any atom is 0.239 e. The van der Waals surface area contributed by atoms with Gasteiger partial charge in [0.15, 0.2) is 0 Å². The summed E-state index contributed by atoms with van der Waals surface area (Å²) >= 11 is 0. The third kappa shape index (κ3) is 4.45. The third-order valence-electron chi connectivity index (χ3n) is 4.83. The number of amides is 1. The first-order chi connectivity index (χ1) is 9.70. The van der Waals surface area contributed by atoms with E-state index in [1.807, 2.05) is 4.90 Å². The smallest absolute Gasteiger partial charge is 0.239 e. The lowest BCUT2D eigenvalue weighted by Crippen LogP contribution is -2.48. The fourth-order valence-corrected chi connectivity index (χ4v) is 3.45. The highest BCUT2D eigenvalue weighted by molar-refractivity contribution is 5.81. The minimum absolute atomic E-state index is 0.179. The average molecular weight is 281 g/mol. The van der Waals surface area contributed by atoms with Gasteiger partial charge in [-0.2, -0.15) is 0 Å². The molecule has 2 N–H and O–H groups in total. The van der Waals surface area contributed by atoms with Crippen LogP contribution in [0.3, 0.4) is 0 Å². The molecule has 4 heteroatoms. The van der Waals surface area contributed by atoms with Crippen LogP contribution in [0.2, 0.25) is 0 Å². The van der Waals surface area contributed by atoms with Crippen molar-refractivity contribution in [3.63, 3.8) is 0 Å². The van der Waals surface area contributed by atoms with Gasteiger partial charge in [-0.25, -0.2) is 0 Å². The zero-order valence-corrected chi connectivity index (χ0v) is 13.0. The van der Waals surface area contributed by atoms with E-state index in [4.69, 9.17) is 5.73 Å². The lowest BCUT2D eigenvalue weighted by molar-refractivity contribution is -0.134. The highest BCUT2D eigenvalue weighted by Gasteiger charge is 2.27. The van der Waals surface area contributed by atoms with Gasteiger partial charge in [-0.3, -0.25) is 4.79 Å². The zero-order valence-electron chi connectivity index (χ0n) is 13.0. The molecule has 2 heterocycles. The first kappa shape index (κ1) is 15.8. The first-order valence-electron chi connectivity index (χ1n) is 8.47. The monoisotopic (exact) mass is 281 g/mol. The van der Waals surface area contributed by atoms with Crippen LogP contribution in [-0.2, 0) is 4.79 Å². The molecular weight excluding hydrogens is 250 g/mol. The van der Waals surface area contributed by atoms with Crippen molar-refractivity contribution in [2.24, 2.45) is 11.7 Å². The predicted molar refractivity (Wildman–Crippen MR) is 82.5 cm³/mol. The summed E-state index contributed by atoms with van der Waals surface area (Å²) in [5.41, 5.74) is 6.00. The second-order valence-electron chi connectivity index (χ2n) is 6.53. The number of piperidine rings is 1. The quantitative estimate of drug-likeness (QED) is 0.808. The van der Waals surface area contributed by atoms with Crippen molar-refractivity contribution < 1.29 is 4.79 Å². The predicted octanol–water partition coefficient (Wildman–Crippen LogP) is 1.84. The number of unbranched alkanes of at least 4 members (excludes halogenated alkanes) is 1. The van der Waals surface area contributed by atoms with Gasteiger partial charge < -0.3 is 15.5 Å². The molecule has 20 heavy (non-hydrogen) atoms. The standard InChI is InChI=1S/C16H31N3O/c1-2-3-6-15(17)16(20)19-11-7-14(8-12-19)13-18-9-4-5-10-18/h14-15H,2-13,17H2,1H3/t15-/m0/s1. The lowest BCUT2D eigenvalue weighted by atomic mass is 9.95.